The van der Waals surface area contributed by atoms with Crippen LogP contribution in [0.3, 0.4) is 0 Å². The van der Waals surface area contributed by atoms with E-state index >= 15 is 0 Å². The molecule has 0 aliphatic carbocycles. The van der Waals surface area contributed by atoms with Gasteiger partial charge in [-0.3, -0.25) is 9.59 Å². The highest BCUT2D eigenvalue weighted by molar-refractivity contribution is 7.92. The van der Waals surface area contributed by atoms with Crippen LogP contribution in [0.4, 0.5) is 11.4 Å². The van der Waals surface area contributed by atoms with Gasteiger partial charge in [0.2, 0.25) is 5.91 Å². The monoisotopic (exact) mass is 300 g/mol. The van der Waals surface area contributed by atoms with Crippen LogP contribution in [0.15, 0.2) is 24.3 Å². The lowest BCUT2D eigenvalue weighted by Gasteiger charge is -2.06. The van der Waals surface area contributed by atoms with Crippen LogP contribution in [0.2, 0.25) is 0 Å². The molecule has 0 spiro atoms. The molecule has 1 aromatic rings. The molecule has 0 radical (unpaired) electrons. The van der Waals surface area contributed by atoms with E-state index in [2.05, 4.69) is 10.1 Å². The second-order valence-electron chi connectivity index (χ2n) is 4.01. The minimum Gasteiger partial charge on any atom is -0.465 e. The summed E-state index contributed by atoms with van der Waals surface area (Å²) in [6, 6.07) is 6.33. The second kappa shape index (κ2) is 6.90. The summed E-state index contributed by atoms with van der Waals surface area (Å²) in [5.74, 6) is -3.21. The predicted octanol–water partition coefficient (Wildman–Crippen LogP) is 0.185. The number of rotatable bonds is 6. The van der Waals surface area contributed by atoms with Crippen molar-refractivity contribution in [2.24, 2.45) is 0 Å². The van der Waals surface area contributed by atoms with Crippen molar-refractivity contribution in [2.45, 2.75) is 6.92 Å². The van der Waals surface area contributed by atoms with Crippen LogP contribution in [0.25, 0.3) is 0 Å². The summed E-state index contributed by atoms with van der Waals surface area (Å²) in [5, 5.41) is 2.39. The quantitative estimate of drug-likeness (QED) is 0.572. The van der Waals surface area contributed by atoms with Crippen LogP contribution in [-0.2, 0) is 24.2 Å². The molecule has 20 heavy (non-hydrogen) atoms. The molecular formula is C12H16N2O5S. The third kappa shape index (κ3) is 5.70. The average Bonchev–Trinajstić information content (AvgIpc) is 2.26. The molecule has 0 aliphatic heterocycles. The summed E-state index contributed by atoms with van der Waals surface area (Å²) in [5.41, 5.74) is 6.36. The van der Waals surface area contributed by atoms with Crippen molar-refractivity contribution in [1.29, 1.82) is 0 Å². The van der Waals surface area contributed by atoms with Gasteiger partial charge >= 0.3 is 5.97 Å². The number of sulfone groups is 1. The molecule has 0 heterocycles. The fraction of sp³-hybridized carbons (Fsp3) is 0.333. The van der Waals surface area contributed by atoms with E-state index in [9.17, 15) is 18.0 Å². The Morgan fingerprint density at radius 1 is 1.30 bits per heavy atom. The molecule has 0 bridgehead atoms. The Morgan fingerprint density at radius 3 is 2.60 bits per heavy atom. The van der Waals surface area contributed by atoms with Gasteiger partial charge in [0, 0.05) is 11.4 Å². The maximum absolute atomic E-state index is 11.6. The Balaban J connectivity index is 2.59. The molecular weight excluding hydrogens is 284 g/mol. The molecule has 7 nitrogen and oxygen atoms in total. The van der Waals surface area contributed by atoms with Gasteiger partial charge in [-0.2, -0.15) is 0 Å². The van der Waals surface area contributed by atoms with Crippen molar-refractivity contribution >= 4 is 33.1 Å². The Bertz CT molecular complexity index is 598. The molecule has 0 unspecified atom stereocenters. The van der Waals surface area contributed by atoms with Crippen molar-refractivity contribution in [3.63, 3.8) is 0 Å². The second-order valence-corrected chi connectivity index (χ2v) is 6.08. The average molecular weight is 300 g/mol. The highest BCUT2D eigenvalue weighted by Gasteiger charge is 2.21. The van der Waals surface area contributed by atoms with Crippen LogP contribution in [-0.4, -0.2) is 38.4 Å². The van der Waals surface area contributed by atoms with E-state index in [4.69, 9.17) is 5.73 Å². The number of hydrogen-bond acceptors (Lipinski definition) is 6. The minimum atomic E-state index is -3.85. The molecule has 3 N–H and O–H groups in total. The third-order valence-corrected chi connectivity index (χ3v) is 3.54. The molecule has 110 valence electrons. The molecule has 1 aromatic carbocycles. The Hall–Kier alpha value is -2.09. The van der Waals surface area contributed by atoms with E-state index in [0.29, 0.717) is 11.4 Å². The lowest BCUT2D eigenvalue weighted by molar-refractivity contribution is -0.139. The number of nitrogens with one attached hydrogen (secondary N) is 1. The standard InChI is InChI=1S/C12H16N2O5S/c1-2-19-12(16)8-20(17,18)7-11(15)14-10-5-3-4-9(13)6-10/h3-6H,2,7-8,13H2,1H3,(H,14,15). The van der Waals surface area contributed by atoms with E-state index in [1.807, 2.05) is 0 Å². The number of esters is 1. The Labute approximate surface area is 117 Å². The van der Waals surface area contributed by atoms with Crippen molar-refractivity contribution in [3.05, 3.63) is 24.3 Å². The zero-order valence-corrected chi connectivity index (χ0v) is 11.8. The highest BCUT2D eigenvalue weighted by atomic mass is 32.2. The first kappa shape index (κ1) is 16.0. The lowest BCUT2D eigenvalue weighted by atomic mass is 10.3. The number of anilines is 2. The first-order valence-corrected chi connectivity index (χ1v) is 7.66. The van der Waals surface area contributed by atoms with E-state index in [-0.39, 0.29) is 6.61 Å². The van der Waals surface area contributed by atoms with Gasteiger partial charge in [0.15, 0.2) is 9.84 Å². The third-order valence-electron chi connectivity index (χ3n) is 2.16. The van der Waals surface area contributed by atoms with Crippen LogP contribution in [0, 0.1) is 0 Å². The number of amides is 1. The topological polar surface area (TPSA) is 116 Å². The smallest absolute Gasteiger partial charge is 0.321 e. The Kier molecular flexibility index (Phi) is 5.51. The van der Waals surface area contributed by atoms with Crippen LogP contribution in [0.5, 0.6) is 0 Å². The molecule has 0 saturated heterocycles. The summed E-state index contributed by atoms with van der Waals surface area (Å²) in [6.45, 7) is 1.65. The normalized spacial score (nSPS) is 10.8. The maximum Gasteiger partial charge on any atom is 0.321 e. The molecule has 0 atom stereocenters. The van der Waals surface area contributed by atoms with Crippen molar-refractivity contribution in [2.75, 3.05) is 29.2 Å². The molecule has 0 fully saturated rings. The van der Waals surface area contributed by atoms with Crippen molar-refractivity contribution < 1.29 is 22.7 Å². The minimum absolute atomic E-state index is 0.0871. The van der Waals surface area contributed by atoms with E-state index < -0.39 is 33.2 Å². The summed E-state index contributed by atoms with van der Waals surface area (Å²) < 4.78 is 27.7. The van der Waals surface area contributed by atoms with E-state index in [0.717, 1.165) is 0 Å². The van der Waals surface area contributed by atoms with Crippen LogP contribution < -0.4 is 11.1 Å². The molecule has 8 heteroatoms. The van der Waals surface area contributed by atoms with Crippen LogP contribution >= 0.6 is 0 Å². The summed E-state index contributed by atoms with van der Waals surface area (Å²) in [7, 11) is -3.85. The molecule has 0 aliphatic rings. The largest absolute Gasteiger partial charge is 0.465 e. The van der Waals surface area contributed by atoms with Gasteiger partial charge in [-0.1, -0.05) is 6.07 Å². The van der Waals surface area contributed by atoms with Gasteiger partial charge in [-0.15, -0.1) is 0 Å². The predicted molar refractivity (Wildman–Crippen MR) is 74.8 cm³/mol. The summed E-state index contributed by atoms with van der Waals surface area (Å²) in [4.78, 5) is 22.7. The SMILES string of the molecule is CCOC(=O)CS(=O)(=O)CC(=O)Nc1cccc(N)c1. The number of hydrogen-bond donors (Lipinski definition) is 2. The number of nitrogen functional groups attached to an aromatic ring is 1. The van der Waals surface area contributed by atoms with Crippen molar-refractivity contribution in [1.82, 2.24) is 0 Å². The zero-order valence-electron chi connectivity index (χ0n) is 11.0. The maximum atomic E-state index is 11.6. The van der Waals surface area contributed by atoms with Gasteiger partial charge in [-0.05, 0) is 25.1 Å². The number of carbonyl (C=O) groups excluding carboxylic acids is 2. The Morgan fingerprint density at radius 2 is 2.00 bits per heavy atom. The first-order chi connectivity index (χ1) is 9.32. The van der Waals surface area contributed by atoms with Crippen LogP contribution in [0.1, 0.15) is 6.92 Å². The number of nitrogens with two attached hydrogens (primary N) is 1. The highest BCUT2D eigenvalue weighted by Crippen LogP contribution is 2.11. The summed E-state index contributed by atoms with van der Waals surface area (Å²) in [6.07, 6.45) is 0. The fourth-order valence-corrected chi connectivity index (χ4v) is 2.46. The lowest BCUT2D eigenvalue weighted by Crippen LogP contribution is -2.28. The first-order valence-electron chi connectivity index (χ1n) is 5.84. The van der Waals surface area contributed by atoms with Gasteiger partial charge in [0.1, 0.15) is 11.5 Å². The van der Waals surface area contributed by atoms with Gasteiger partial charge in [0.25, 0.3) is 0 Å². The van der Waals surface area contributed by atoms with E-state index in [1.54, 1.807) is 25.1 Å². The summed E-state index contributed by atoms with van der Waals surface area (Å²) >= 11 is 0. The number of carbonyl (C=O) groups is 2. The molecule has 0 saturated carbocycles. The zero-order chi connectivity index (χ0) is 15.2. The van der Waals surface area contributed by atoms with Gasteiger partial charge in [-0.25, -0.2) is 8.42 Å². The molecule has 0 aromatic heterocycles. The van der Waals surface area contributed by atoms with Gasteiger partial charge < -0.3 is 15.8 Å². The van der Waals surface area contributed by atoms with Gasteiger partial charge in [0.05, 0.1) is 6.61 Å². The van der Waals surface area contributed by atoms with Crippen molar-refractivity contribution in [3.8, 4) is 0 Å². The fourth-order valence-electron chi connectivity index (χ4n) is 1.45. The molecule has 1 rings (SSSR count). The number of benzene rings is 1. The number of ether oxygens (including phenoxy) is 1. The van der Waals surface area contributed by atoms with E-state index in [1.165, 1.54) is 6.07 Å². The molecule has 1 amide bonds.